The number of ether oxygens (including phenoxy) is 1. The van der Waals surface area contributed by atoms with Crippen LogP contribution in [0.15, 0.2) is 54.6 Å². The fourth-order valence-electron chi connectivity index (χ4n) is 3.24. The lowest BCUT2D eigenvalue weighted by Crippen LogP contribution is -2.47. The third kappa shape index (κ3) is 8.42. The van der Waals surface area contributed by atoms with Crippen LogP contribution in [0.1, 0.15) is 11.1 Å². The lowest BCUT2D eigenvalue weighted by molar-refractivity contribution is -0.137. The molecule has 0 bridgehead atoms. The Balaban J connectivity index is 0.00000210. The molecule has 1 heterocycles. The first kappa shape index (κ1) is 25.6. The van der Waals surface area contributed by atoms with Crippen molar-refractivity contribution < 1.29 is 17.9 Å². The Kier molecular flexibility index (Phi) is 10.8. The zero-order chi connectivity index (χ0) is 19.1. The number of halogens is 5. The molecule has 29 heavy (non-hydrogen) atoms. The Morgan fingerprint density at radius 3 is 2.03 bits per heavy atom. The number of rotatable bonds is 7. The molecule has 0 unspecified atom stereocenters. The second-order valence-corrected chi connectivity index (χ2v) is 6.79. The van der Waals surface area contributed by atoms with Gasteiger partial charge in [-0.1, -0.05) is 36.4 Å². The van der Waals surface area contributed by atoms with Crippen molar-refractivity contribution in [3.63, 3.8) is 0 Å². The van der Waals surface area contributed by atoms with E-state index in [0.717, 1.165) is 56.6 Å². The van der Waals surface area contributed by atoms with Crippen LogP contribution in [0.2, 0.25) is 0 Å². The molecule has 2 aromatic carbocycles. The summed E-state index contributed by atoms with van der Waals surface area (Å²) in [5, 5.41) is 0. The van der Waals surface area contributed by atoms with Gasteiger partial charge in [-0.25, -0.2) is 0 Å². The minimum absolute atomic E-state index is 0. The molecule has 3 rings (SSSR count). The van der Waals surface area contributed by atoms with E-state index in [2.05, 4.69) is 9.80 Å². The molecule has 0 N–H and O–H groups in total. The maximum atomic E-state index is 12.8. The van der Waals surface area contributed by atoms with Gasteiger partial charge >= 0.3 is 6.18 Å². The van der Waals surface area contributed by atoms with E-state index in [1.54, 1.807) is 6.07 Å². The van der Waals surface area contributed by atoms with Gasteiger partial charge in [0.2, 0.25) is 0 Å². The van der Waals surface area contributed by atoms with Crippen molar-refractivity contribution in [3.8, 4) is 5.75 Å². The summed E-state index contributed by atoms with van der Waals surface area (Å²) in [5.74, 6) is 0.886. The topological polar surface area (TPSA) is 15.7 Å². The summed E-state index contributed by atoms with van der Waals surface area (Å²) >= 11 is 0. The van der Waals surface area contributed by atoms with E-state index in [-0.39, 0.29) is 24.8 Å². The lowest BCUT2D eigenvalue weighted by Gasteiger charge is -2.34. The molecule has 8 heteroatoms. The monoisotopic (exact) mass is 450 g/mol. The molecule has 0 aliphatic carbocycles. The fourth-order valence-corrected chi connectivity index (χ4v) is 3.24. The molecule has 1 aliphatic rings. The zero-order valence-corrected chi connectivity index (χ0v) is 17.7. The van der Waals surface area contributed by atoms with Crippen LogP contribution in [0.5, 0.6) is 5.75 Å². The molecule has 0 radical (unpaired) electrons. The Labute approximate surface area is 182 Å². The zero-order valence-electron chi connectivity index (χ0n) is 16.1. The van der Waals surface area contributed by atoms with Crippen molar-refractivity contribution in [2.45, 2.75) is 12.6 Å². The number of piperazine rings is 1. The van der Waals surface area contributed by atoms with E-state index >= 15 is 0 Å². The van der Waals surface area contributed by atoms with Crippen LogP contribution in [0, 0.1) is 0 Å². The summed E-state index contributed by atoms with van der Waals surface area (Å²) in [6.45, 7) is 6.12. The molecule has 0 spiro atoms. The predicted molar refractivity (Wildman–Crippen MR) is 114 cm³/mol. The molecular weight excluding hydrogens is 424 g/mol. The van der Waals surface area contributed by atoms with Crippen LogP contribution in [0.4, 0.5) is 13.2 Å². The first-order valence-electron chi connectivity index (χ1n) is 9.29. The Bertz CT molecular complexity index is 709. The van der Waals surface area contributed by atoms with Gasteiger partial charge in [0.05, 0.1) is 5.56 Å². The minimum Gasteiger partial charge on any atom is -0.492 e. The van der Waals surface area contributed by atoms with E-state index in [0.29, 0.717) is 13.0 Å². The van der Waals surface area contributed by atoms with Crippen LogP contribution in [0.3, 0.4) is 0 Å². The average molecular weight is 451 g/mol. The van der Waals surface area contributed by atoms with Gasteiger partial charge in [-0.3, -0.25) is 4.90 Å². The summed E-state index contributed by atoms with van der Waals surface area (Å²) in [7, 11) is 0. The van der Waals surface area contributed by atoms with Crippen LogP contribution < -0.4 is 4.74 Å². The molecule has 0 amide bonds. The van der Waals surface area contributed by atoms with Crippen molar-refractivity contribution in [1.29, 1.82) is 0 Å². The maximum absolute atomic E-state index is 12.8. The van der Waals surface area contributed by atoms with Gasteiger partial charge in [-0.2, -0.15) is 13.2 Å². The van der Waals surface area contributed by atoms with Crippen LogP contribution in [-0.4, -0.2) is 55.7 Å². The Hall–Kier alpha value is -1.47. The fraction of sp³-hybridized carbons (Fsp3) is 0.429. The number of para-hydroxylation sites is 1. The molecule has 0 aromatic heterocycles. The third-order valence-corrected chi connectivity index (χ3v) is 4.86. The van der Waals surface area contributed by atoms with E-state index < -0.39 is 11.7 Å². The Morgan fingerprint density at radius 1 is 0.793 bits per heavy atom. The highest BCUT2D eigenvalue weighted by Gasteiger charge is 2.30. The molecular formula is C21H27Cl2F3N2O. The van der Waals surface area contributed by atoms with E-state index in [1.165, 1.54) is 12.1 Å². The highest BCUT2D eigenvalue weighted by Crippen LogP contribution is 2.29. The number of nitrogens with zero attached hydrogens (tertiary/aromatic N) is 2. The minimum atomic E-state index is -4.27. The van der Waals surface area contributed by atoms with Gasteiger partial charge in [-0.15, -0.1) is 24.8 Å². The number of benzene rings is 2. The molecule has 2 aromatic rings. The van der Waals surface area contributed by atoms with Gasteiger partial charge in [0.15, 0.2) is 0 Å². The van der Waals surface area contributed by atoms with Gasteiger partial charge in [0, 0.05) is 39.3 Å². The predicted octanol–water partition coefficient (Wildman–Crippen LogP) is 4.79. The third-order valence-electron chi connectivity index (χ3n) is 4.86. The van der Waals surface area contributed by atoms with Crippen molar-refractivity contribution in [1.82, 2.24) is 9.80 Å². The highest BCUT2D eigenvalue weighted by molar-refractivity contribution is 5.85. The highest BCUT2D eigenvalue weighted by atomic mass is 35.5. The van der Waals surface area contributed by atoms with Gasteiger partial charge in [0.25, 0.3) is 0 Å². The molecule has 1 aliphatic heterocycles. The lowest BCUT2D eigenvalue weighted by atomic mass is 10.1. The number of alkyl halides is 3. The molecule has 3 nitrogen and oxygen atoms in total. The summed E-state index contributed by atoms with van der Waals surface area (Å²) < 4.78 is 44.1. The van der Waals surface area contributed by atoms with Gasteiger partial charge in [-0.05, 0) is 30.2 Å². The van der Waals surface area contributed by atoms with Gasteiger partial charge in [0.1, 0.15) is 12.4 Å². The Morgan fingerprint density at radius 2 is 1.41 bits per heavy atom. The summed E-state index contributed by atoms with van der Waals surface area (Å²) in [6, 6.07) is 15.4. The van der Waals surface area contributed by atoms with E-state index in [4.69, 9.17) is 4.74 Å². The number of hydrogen-bond donors (Lipinski definition) is 0. The van der Waals surface area contributed by atoms with Crippen molar-refractivity contribution >= 4 is 24.8 Å². The molecule has 0 atom stereocenters. The summed E-state index contributed by atoms with van der Waals surface area (Å²) in [6.07, 6.45) is -3.63. The quantitative estimate of drug-likeness (QED) is 0.602. The molecule has 162 valence electrons. The standard InChI is InChI=1S/C21H25F3N2O.2ClH/c22-21(23,24)19-6-4-5-18(17-19)9-10-25-11-13-26(14-12-25)15-16-27-20-7-2-1-3-8-20;;/h1-8,17H,9-16H2;2*1H. The molecule has 0 saturated carbocycles. The van der Waals surface area contributed by atoms with Crippen LogP contribution in [-0.2, 0) is 12.6 Å². The smallest absolute Gasteiger partial charge is 0.416 e. The second kappa shape index (κ2) is 12.3. The SMILES string of the molecule is Cl.Cl.FC(F)(F)c1cccc(CCN2CCN(CCOc3ccccc3)CC2)c1. The number of hydrogen-bond acceptors (Lipinski definition) is 3. The summed E-state index contributed by atoms with van der Waals surface area (Å²) in [4.78, 5) is 4.68. The maximum Gasteiger partial charge on any atom is 0.416 e. The molecule has 1 saturated heterocycles. The van der Waals surface area contributed by atoms with E-state index in [1.807, 2.05) is 30.3 Å². The van der Waals surface area contributed by atoms with Crippen molar-refractivity contribution in [3.05, 3.63) is 65.7 Å². The normalized spacial score (nSPS) is 15.3. The first-order valence-corrected chi connectivity index (χ1v) is 9.29. The van der Waals surface area contributed by atoms with E-state index in [9.17, 15) is 13.2 Å². The second-order valence-electron chi connectivity index (χ2n) is 6.79. The largest absolute Gasteiger partial charge is 0.492 e. The van der Waals surface area contributed by atoms with Crippen molar-refractivity contribution in [2.24, 2.45) is 0 Å². The van der Waals surface area contributed by atoms with Crippen molar-refractivity contribution in [2.75, 3.05) is 45.9 Å². The summed E-state index contributed by atoms with van der Waals surface area (Å²) in [5.41, 5.74) is 0.173. The van der Waals surface area contributed by atoms with Gasteiger partial charge < -0.3 is 9.64 Å². The average Bonchev–Trinajstić information content (AvgIpc) is 2.68. The van der Waals surface area contributed by atoms with Crippen LogP contribution in [0.25, 0.3) is 0 Å². The van der Waals surface area contributed by atoms with Crippen LogP contribution >= 0.6 is 24.8 Å². The first-order chi connectivity index (χ1) is 13.0. The molecule has 1 fully saturated rings.